The summed E-state index contributed by atoms with van der Waals surface area (Å²) in [5.74, 6) is -0.334. The third-order valence-electron chi connectivity index (χ3n) is 1.86. The van der Waals surface area contributed by atoms with Crippen LogP contribution in [0.25, 0.3) is 0 Å². The molecule has 3 nitrogen and oxygen atoms in total. The highest BCUT2D eigenvalue weighted by Gasteiger charge is 2.31. The second-order valence-corrected chi connectivity index (χ2v) is 2.98. The van der Waals surface area contributed by atoms with E-state index in [0.29, 0.717) is 17.7 Å². The number of nitrogens with zero attached hydrogens (tertiary/aromatic N) is 1. The zero-order valence-corrected chi connectivity index (χ0v) is 8.45. The van der Waals surface area contributed by atoms with Crippen LogP contribution in [0.4, 0.5) is 13.2 Å². The number of halogens is 3. The average molecular weight is 233 g/mol. The van der Waals surface area contributed by atoms with Gasteiger partial charge in [0.1, 0.15) is 5.75 Å². The zero-order chi connectivity index (χ0) is 12.2. The van der Waals surface area contributed by atoms with E-state index in [4.69, 9.17) is 5.21 Å². The molecule has 0 atom stereocenters. The topological polar surface area (TPSA) is 41.8 Å². The molecular weight excluding hydrogens is 223 g/mol. The summed E-state index contributed by atoms with van der Waals surface area (Å²) in [6.07, 6.45) is -4.31. The first kappa shape index (κ1) is 12.4. The van der Waals surface area contributed by atoms with Crippen molar-refractivity contribution in [2.75, 3.05) is 0 Å². The van der Waals surface area contributed by atoms with Gasteiger partial charge in [-0.3, -0.25) is 0 Å². The van der Waals surface area contributed by atoms with Gasteiger partial charge in [0, 0.05) is 5.56 Å². The van der Waals surface area contributed by atoms with Crippen molar-refractivity contribution in [2.24, 2.45) is 5.16 Å². The van der Waals surface area contributed by atoms with Gasteiger partial charge in [0.25, 0.3) is 0 Å². The van der Waals surface area contributed by atoms with Gasteiger partial charge >= 0.3 is 6.36 Å². The summed E-state index contributed by atoms with van der Waals surface area (Å²) in [5, 5.41) is 11.6. The highest BCUT2D eigenvalue weighted by atomic mass is 19.4. The van der Waals surface area contributed by atoms with E-state index in [1.54, 1.807) is 13.0 Å². The predicted octanol–water partition coefficient (Wildman–Crippen LogP) is 3.17. The van der Waals surface area contributed by atoms with Crippen molar-refractivity contribution in [1.82, 2.24) is 0 Å². The van der Waals surface area contributed by atoms with Gasteiger partial charge < -0.3 is 9.94 Å². The molecular formula is C10H10F3NO2. The van der Waals surface area contributed by atoms with Crippen LogP contribution < -0.4 is 4.74 Å². The number of oxime groups is 1. The van der Waals surface area contributed by atoms with Crippen molar-refractivity contribution in [2.45, 2.75) is 19.7 Å². The van der Waals surface area contributed by atoms with Crippen molar-refractivity contribution in [3.8, 4) is 5.75 Å². The van der Waals surface area contributed by atoms with Crippen LogP contribution in [-0.2, 0) is 0 Å². The molecule has 88 valence electrons. The quantitative estimate of drug-likeness (QED) is 0.495. The molecule has 6 heteroatoms. The van der Waals surface area contributed by atoms with Crippen LogP contribution in [0.2, 0.25) is 0 Å². The Bertz CT molecular complexity index is 388. The fourth-order valence-electron chi connectivity index (χ4n) is 1.21. The molecule has 0 aliphatic rings. The van der Waals surface area contributed by atoms with E-state index in [-0.39, 0.29) is 5.75 Å². The van der Waals surface area contributed by atoms with Crippen molar-refractivity contribution in [3.63, 3.8) is 0 Å². The van der Waals surface area contributed by atoms with Crippen LogP contribution in [0.1, 0.15) is 18.9 Å². The number of rotatable bonds is 3. The van der Waals surface area contributed by atoms with E-state index >= 15 is 0 Å². The van der Waals surface area contributed by atoms with E-state index in [1.807, 2.05) is 0 Å². The van der Waals surface area contributed by atoms with Gasteiger partial charge in [-0.1, -0.05) is 24.2 Å². The fraction of sp³-hybridized carbons (Fsp3) is 0.300. The van der Waals surface area contributed by atoms with Gasteiger partial charge in [-0.15, -0.1) is 13.2 Å². The maximum atomic E-state index is 11.9. The smallest absolute Gasteiger partial charge is 0.411 e. The van der Waals surface area contributed by atoms with Crippen LogP contribution in [0.3, 0.4) is 0 Å². The summed E-state index contributed by atoms with van der Waals surface area (Å²) in [6, 6.07) is 5.30. The Hall–Kier alpha value is -1.72. The number of alkyl halides is 3. The lowest BCUT2D eigenvalue weighted by Gasteiger charge is -2.10. The lowest BCUT2D eigenvalue weighted by Crippen LogP contribution is -2.17. The summed E-state index contributed by atoms with van der Waals surface area (Å²) in [5.41, 5.74) is 0.694. The third-order valence-corrected chi connectivity index (χ3v) is 1.86. The van der Waals surface area contributed by atoms with Gasteiger partial charge in [-0.05, 0) is 18.6 Å². The molecule has 0 bridgehead atoms. The molecule has 0 aliphatic carbocycles. The van der Waals surface area contributed by atoms with Gasteiger partial charge in [-0.2, -0.15) is 0 Å². The molecule has 1 N–H and O–H groups in total. The van der Waals surface area contributed by atoms with Crippen LogP contribution in [-0.4, -0.2) is 17.3 Å². The summed E-state index contributed by atoms with van der Waals surface area (Å²) in [6.45, 7) is 1.73. The Morgan fingerprint density at radius 3 is 2.62 bits per heavy atom. The standard InChI is InChI=1S/C10H10F3NO2/c1-2-9(14-15)7-4-3-5-8(6-7)16-10(11,12)13/h3-6,15H,2H2,1H3. The van der Waals surface area contributed by atoms with Crippen LogP contribution in [0.5, 0.6) is 5.75 Å². The molecule has 0 radical (unpaired) electrons. The van der Waals surface area contributed by atoms with E-state index in [2.05, 4.69) is 9.89 Å². The molecule has 0 amide bonds. The van der Waals surface area contributed by atoms with Crippen LogP contribution in [0, 0.1) is 0 Å². The van der Waals surface area contributed by atoms with E-state index < -0.39 is 6.36 Å². The normalized spacial score (nSPS) is 12.6. The minimum Gasteiger partial charge on any atom is -0.411 e. The second-order valence-electron chi connectivity index (χ2n) is 2.98. The highest BCUT2D eigenvalue weighted by molar-refractivity contribution is 6.00. The Morgan fingerprint density at radius 2 is 2.12 bits per heavy atom. The Morgan fingerprint density at radius 1 is 1.44 bits per heavy atom. The van der Waals surface area contributed by atoms with Crippen molar-refractivity contribution in [1.29, 1.82) is 0 Å². The predicted molar refractivity (Wildman–Crippen MR) is 51.7 cm³/mol. The lowest BCUT2D eigenvalue weighted by molar-refractivity contribution is -0.274. The average Bonchev–Trinajstić information content (AvgIpc) is 2.17. The Balaban J connectivity index is 2.95. The number of hydrogen-bond donors (Lipinski definition) is 1. The lowest BCUT2D eigenvalue weighted by atomic mass is 10.1. The molecule has 1 aromatic rings. The minimum atomic E-state index is -4.72. The van der Waals surface area contributed by atoms with Gasteiger partial charge in [0.2, 0.25) is 0 Å². The summed E-state index contributed by atoms with van der Waals surface area (Å²) in [7, 11) is 0. The monoisotopic (exact) mass is 233 g/mol. The van der Waals surface area contributed by atoms with Gasteiger partial charge in [0.15, 0.2) is 0 Å². The van der Waals surface area contributed by atoms with Crippen LogP contribution in [0.15, 0.2) is 29.4 Å². The second kappa shape index (κ2) is 4.87. The van der Waals surface area contributed by atoms with E-state index in [1.165, 1.54) is 18.2 Å². The number of benzene rings is 1. The molecule has 16 heavy (non-hydrogen) atoms. The van der Waals surface area contributed by atoms with E-state index in [9.17, 15) is 13.2 Å². The van der Waals surface area contributed by atoms with Crippen molar-refractivity contribution < 1.29 is 23.1 Å². The van der Waals surface area contributed by atoms with Crippen molar-refractivity contribution >= 4 is 5.71 Å². The molecule has 0 saturated heterocycles. The zero-order valence-electron chi connectivity index (χ0n) is 8.45. The fourth-order valence-corrected chi connectivity index (χ4v) is 1.21. The molecule has 1 aromatic carbocycles. The van der Waals surface area contributed by atoms with Gasteiger partial charge in [-0.25, -0.2) is 0 Å². The van der Waals surface area contributed by atoms with Gasteiger partial charge in [0.05, 0.1) is 5.71 Å². The van der Waals surface area contributed by atoms with Crippen LogP contribution >= 0.6 is 0 Å². The highest BCUT2D eigenvalue weighted by Crippen LogP contribution is 2.23. The first-order valence-corrected chi connectivity index (χ1v) is 4.53. The molecule has 1 rings (SSSR count). The molecule has 0 unspecified atom stereocenters. The summed E-state index contributed by atoms with van der Waals surface area (Å²) < 4.78 is 39.6. The third kappa shape index (κ3) is 3.45. The summed E-state index contributed by atoms with van der Waals surface area (Å²) in [4.78, 5) is 0. The first-order chi connectivity index (χ1) is 7.46. The number of hydrogen-bond acceptors (Lipinski definition) is 3. The SMILES string of the molecule is CCC(=NO)c1cccc(OC(F)(F)F)c1. The first-order valence-electron chi connectivity index (χ1n) is 4.53. The maximum Gasteiger partial charge on any atom is 0.573 e. The molecule has 0 fully saturated rings. The van der Waals surface area contributed by atoms with Crippen molar-refractivity contribution in [3.05, 3.63) is 29.8 Å². The summed E-state index contributed by atoms with van der Waals surface area (Å²) >= 11 is 0. The number of ether oxygens (including phenoxy) is 1. The largest absolute Gasteiger partial charge is 0.573 e. The Labute approximate surface area is 90.1 Å². The molecule has 0 spiro atoms. The minimum absolute atomic E-state index is 0.299. The molecule has 0 saturated carbocycles. The maximum absolute atomic E-state index is 11.9. The Kier molecular flexibility index (Phi) is 3.76. The molecule has 0 aromatic heterocycles. The molecule has 0 aliphatic heterocycles. The molecule has 0 heterocycles. The van der Waals surface area contributed by atoms with E-state index in [0.717, 1.165) is 0 Å².